The van der Waals surface area contributed by atoms with Gasteiger partial charge in [-0.1, -0.05) is 23.9 Å². The molecule has 2 atom stereocenters. The van der Waals surface area contributed by atoms with Gasteiger partial charge in [-0.2, -0.15) is 0 Å². The first kappa shape index (κ1) is 11.0. The van der Waals surface area contributed by atoms with E-state index in [1.165, 1.54) is 9.81 Å². The van der Waals surface area contributed by atoms with Gasteiger partial charge in [0.2, 0.25) is 0 Å². The van der Waals surface area contributed by atoms with Crippen LogP contribution in [0.3, 0.4) is 0 Å². The van der Waals surface area contributed by atoms with E-state index in [4.69, 9.17) is 0 Å². The molecule has 1 aliphatic rings. The zero-order valence-electron chi connectivity index (χ0n) is 8.16. The second-order valence-electron chi connectivity index (χ2n) is 3.05. The van der Waals surface area contributed by atoms with Gasteiger partial charge in [-0.05, 0) is 25.2 Å². The first-order valence-electron chi connectivity index (χ1n) is 4.24. The summed E-state index contributed by atoms with van der Waals surface area (Å²) in [6.45, 7) is 4.14. The first-order valence-corrected chi connectivity index (χ1v) is 6.61. The number of thioether (sulfide) groups is 1. The summed E-state index contributed by atoms with van der Waals surface area (Å²) in [7, 11) is -0.932. The maximum absolute atomic E-state index is 10.9. The molecule has 1 aliphatic heterocycles. The summed E-state index contributed by atoms with van der Waals surface area (Å²) >= 11 is 1.76. The van der Waals surface area contributed by atoms with Crippen LogP contribution in [0.2, 0.25) is 0 Å². The van der Waals surface area contributed by atoms with Gasteiger partial charge in [-0.15, -0.1) is 0 Å². The minimum Gasteiger partial charge on any atom is -0.243 e. The Morgan fingerprint density at radius 1 is 1.69 bits per heavy atom. The number of rotatable bonds is 3. The molecular weight excluding hydrogens is 202 g/mol. The standard InChI is InChI=1S/C9H15NOS2.H2/c1-7-5-4-6-9(12-7)8(2)10-13(3)11;/h5-6,8,10H,4H2,1-3H3;1H/t8-,13-;/m1./s1. The monoisotopic (exact) mass is 219 g/mol. The highest BCUT2D eigenvalue weighted by atomic mass is 32.2. The Labute approximate surface area is 87.9 Å². The highest BCUT2D eigenvalue weighted by Crippen LogP contribution is 2.31. The summed E-state index contributed by atoms with van der Waals surface area (Å²) in [6, 6.07) is 0.194. The van der Waals surface area contributed by atoms with E-state index < -0.39 is 11.0 Å². The van der Waals surface area contributed by atoms with E-state index >= 15 is 0 Å². The fourth-order valence-corrected chi connectivity index (χ4v) is 2.85. The third-order valence-electron chi connectivity index (χ3n) is 1.77. The van der Waals surface area contributed by atoms with Crippen molar-refractivity contribution < 1.29 is 5.64 Å². The van der Waals surface area contributed by atoms with Crippen molar-refractivity contribution in [3.05, 3.63) is 22.0 Å². The predicted molar refractivity (Wildman–Crippen MR) is 62.8 cm³/mol. The van der Waals surface area contributed by atoms with Crippen LogP contribution >= 0.6 is 11.8 Å². The van der Waals surface area contributed by atoms with Crippen LogP contribution in [0.4, 0.5) is 0 Å². The molecule has 0 radical (unpaired) electrons. The highest BCUT2D eigenvalue weighted by molar-refractivity contribution is 8.06. The number of allylic oxidation sites excluding steroid dienone is 3. The summed E-state index contributed by atoms with van der Waals surface area (Å²) in [5.74, 6) is 0. The number of nitrogens with one attached hydrogen (secondary N) is 1. The molecule has 0 bridgehead atoms. The molecule has 0 saturated carbocycles. The topological polar surface area (TPSA) is 29.1 Å². The van der Waals surface area contributed by atoms with E-state index in [0.717, 1.165) is 6.42 Å². The van der Waals surface area contributed by atoms with Crippen molar-refractivity contribution >= 4 is 22.7 Å². The normalized spacial score (nSPS) is 21.8. The Kier molecular flexibility index (Phi) is 4.22. The zero-order chi connectivity index (χ0) is 9.84. The van der Waals surface area contributed by atoms with E-state index in [1.54, 1.807) is 18.0 Å². The SMILES string of the molecule is CC1=CCC=C([C@@H](C)N[S@@](C)=O)S1.[HH]. The molecule has 13 heavy (non-hydrogen) atoms. The molecule has 0 aromatic rings. The summed E-state index contributed by atoms with van der Waals surface area (Å²) in [5.41, 5.74) is 0. The Morgan fingerprint density at radius 3 is 2.92 bits per heavy atom. The van der Waals surface area contributed by atoms with Gasteiger partial charge in [-0.25, -0.2) is 8.93 Å². The fraction of sp³-hybridized carbons (Fsp3) is 0.556. The summed E-state index contributed by atoms with van der Waals surface area (Å²) in [6.07, 6.45) is 7.04. The quantitative estimate of drug-likeness (QED) is 0.790. The van der Waals surface area contributed by atoms with Crippen molar-refractivity contribution in [2.75, 3.05) is 6.26 Å². The number of hydrogen-bond acceptors (Lipinski definition) is 2. The van der Waals surface area contributed by atoms with E-state index in [0.29, 0.717) is 0 Å². The molecule has 0 aromatic carbocycles. The molecule has 0 saturated heterocycles. The van der Waals surface area contributed by atoms with Crippen molar-refractivity contribution in [2.24, 2.45) is 0 Å². The van der Waals surface area contributed by atoms with E-state index in [2.05, 4.69) is 23.8 Å². The molecular formula is C9H17NOS2. The molecule has 0 aliphatic carbocycles. The van der Waals surface area contributed by atoms with Crippen molar-refractivity contribution in [1.82, 2.24) is 4.72 Å². The van der Waals surface area contributed by atoms with Crippen LogP contribution < -0.4 is 4.72 Å². The van der Waals surface area contributed by atoms with E-state index in [1.807, 2.05) is 6.92 Å². The van der Waals surface area contributed by atoms with Gasteiger partial charge in [0, 0.05) is 18.6 Å². The Bertz CT molecular complexity index is 276. The van der Waals surface area contributed by atoms with Crippen molar-refractivity contribution in [3.8, 4) is 0 Å². The highest BCUT2D eigenvalue weighted by Gasteiger charge is 2.12. The van der Waals surface area contributed by atoms with Gasteiger partial charge in [-0.3, -0.25) is 0 Å². The van der Waals surface area contributed by atoms with Crippen molar-refractivity contribution in [2.45, 2.75) is 26.3 Å². The third-order valence-corrected chi connectivity index (χ3v) is 3.70. The predicted octanol–water partition coefficient (Wildman–Crippen LogP) is 2.43. The van der Waals surface area contributed by atoms with Gasteiger partial charge in [0.25, 0.3) is 0 Å². The van der Waals surface area contributed by atoms with Crippen LogP contribution in [0.5, 0.6) is 0 Å². The summed E-state index contributed by atoms with van der Waals surface area (Å²) in [5, 5.41) is 0. The van der Waals surface area contributed by atoms with E-state index in [9.17, 15) is 4.21 Å². The van der Waals surface area contributed by atoms with Crippen LogP contribution in [0.15, 0.2) is 22.0 Å². The molecule has 2 nitrogen and oxygen atoms in total. The van der Waals surface area contributed by atoms with Crippen LogP contribution in [0.1, 0.15) is 21.7 Å². The molecule has 0 spiro atoms. The maximum atomic E-state index is 10.9. The van der Waals surface area contributed by atoms with Crippen molar-refractivity contribution in [3.63, 3.8) is 0 Å². The van der Waals surface area contributed by atoms with Gasteiger partial charge < -0.3 is 0 Å². The molecule has 1 heterocycles. The average molecular weight is 219 g/mol. The Hall–Kier alpha value is -0.0600. The first-order chi connectivity index (χ1) is 6.09. The van der Waals surface area contributed by atoms with Gasteiger partial charge in [0.15, 0.2) is 0 Å². The van der Waals surface area contributed by atoms with Gasteiger partial charge in [0.05, 0.1) is 11.0 Å². The minimum atomic E-state index is -0.932. The third kappa shape index (κ3) is 3.67. The largest absolute Gasteiger partial charge is 0.243 e. The van der Waals surface area contributed by atoms with E-state index in [-0.39, 0.29) is 7.47 Å². The second-order valence-corrected chi connectivity index (χ2v) is 5.52. The smallest absolute Gasteiger partial charge is 0.0889 e. The lowest BCUT2D eigenvalue weighted by atomic mass is 10.2. The molecule has 1 rings (SSSR count). The van der Waals surface area contributed by atoms with Crippen LogP contribution in [-0.2, 0) is 11.0 Å². The summed E-state index contributed by atoms with van der Waals surface area (Å²) < 4.78 is 13.9. The molecule has 0 fully saturated rings. The molecule has 0 unspecified atom stereocenters. The number of hydrogen-bond donors (Lipinski definition) is 1. The average Bonchev–Trinajstić information content (AvgIpc) is 2.03. The van der Waals surface area contributed by atoms with Gasteiger partial charge >= 0.3 is 0 Å². The lowest BCUT2D eigenvalue weighted by Crippen LogP contribution is -2.28. The lowest BCUT2D eigenvalue weighted by Gasteiger charge is -2.18. The zero-order valence-corrected chi connectivity index (χ0v) is 9.80. The van der Waals surface area contributed by atoms with Crippen LogP contribution in [0.25, 0.3) is 0 Å². The lowest BCUT2D eigenvalue weighted by molar-refractivity contribution is 0.668. The molecule has 0 aromatic heterocycles. The van der Waals surface area contributed by atoms with Crippen LogP contribution in [-0.4, -0.2) is 16.5 Å². The summed E-state index contributed by atoms with van der Waals surface area (Å²) in [4.78, 5) is 2.60. The maximum Gasteiger partial charge on any atom is 0.0889 e. The molecule has 76 valence electrons. The Balaban J connectivity index is 0.00000169. The van der Waals surface area contributed by atoms with Crippen LogP contribution in [0, 0.1) is 0 Å². The van der Waals surface area contributed by atoms with Gasteiger partial charge in [0.1, 0.15) is 0 Å². The van der Waals surface area contributed by atoms with Crippen molar-refractivity contribution in [1.29, 1.82) is 0 Å². The second kappa shape index (κ2) is 4.98. The minimum absolute atomic E-state index is 0. The fourth-order valence-electron chi connectivity index (χ4n) is 1.18. The molecule has 1 N–H and O–H groups in total. The Morgan fingerprint density at radius 2 is 2.38 bits per heavy atom. The molecule has 4 heteroatoms. The molecule has 0 amide bonds.